The summed E-state index contributed by atoms with van der Waals surface area (Å²) in [5, 5.41) is 0. The predicted molar refractivity (Wildman–Crippen MR) is 62.3 cm³/mol. The summed E-state index contributed by atoms with van der Waals surface area (Å²) in [6, 6.07) is 9.79. The van der Waals surface area contributed by atoms with Gasteiger partial charge in [-0.1, -0.05) is 18.2 Å². The Balaban J connectivity index is 1.88. The van der Waals surface area contributed by atoms with E-state index in [2.05, 4.69) is 4.90 Å². The number of ketones is 1. The molecular formula is C13H17NO2. The smallest absolute Gasteiger partial charge is 0.149 e. The second kappa shape index (κ2) is 5.12. The van der Waals surface area contributed by atoms with Gasteiger partial charge in [-0.25, -0.2) is 0 Å². The Bertz CT molecular complexity index is 340. The Labute approximate surface area is 96.0 Å². The lowest BCUT2D eigenvalue weighted by molar-refractivity contribution is -0.123. The van der Waals surface area contributed by atoms with Crippen LogP contribution in [0.2, 0.25) is 0 Å². The fraction of sp³-hybridized carbons (Fsp3) is 0.462. The van der Waals surface area contributed by atoms with E-state index in [9.17, 15) is 4.79 Å². The van der Waals surface area contributed by atoms with E-state index in [0.29, 0.717) is 18.6 Å². The summed E-state index contributed by atoms with van der Waals surface area (Å²) in [7, 11) is 0. The molecule has 0 bridgehead atoms. The third kappa shape index (κ3) is 2.83. The molecule has 0 aliphatic carbocycles. The number of carbonyl (C=O) groups is 1. The molecule has 0 spiro atoms. The zero-order valence-corrected chi connectivity index (χ0v) is 9.56. The molecule has 86 valence electrons. The minimum absolute atomic E-state index is 0.0375. The minimum atomic E-state index is 0.0375. The lowest BCUT2D eigenvalue weighted by atomic mass is 10.1. The van der Waals surface area contributed by atoms with Gasteiger partial charge in [0.25, 0.3) is 0 Å². The van der Waals surface area contributed by atoms with Gasteiger partial charge in [0.05, 0.1) is 0 Å². The lowest BCUT2D eigenvalue weighted by Crippen LogP contribution is -2.42. The maximum absolute atomic E-state index is 11.1. The van der Waals surface area contributed by atoms with Crippen LogP contribution in [0.15, 0.2) is 30.3 Å². The topological polar surface area (TPSA) is 29.5 Å². The van der Waals surface area contributed by atoms with E-state index >= 15 is 0 Å². The molecule has 1 aromatic rings. The van der Waals surface area contributed by atoms with Crippen molar-refractivity contribution in [1.29, 1.82) is 0 Å². The third-order valence-corrected chi connectivity index (χ3v) is 2.92. The van der Waals surface area contributed by atoms with Gasteiger partial charge in [0.1, 0.15) is 17.8 Å². The number of likely N-dealkylation sites (tertiary alicyclic amines) is 1. The number of benzene rings is 1. The van der Waals surface area contributed by atoms with E-state index in [4.69, 9.17) is 4.74 Å². The SMILES string of the molecule is CC(Oc1ccccc1)N1CCC(=O)CC1. The first-order chi connectivity index (χ1) is 7.75. The monoisotopic (exact) mass is 219 g/mol. The molecule has 1 atom stereocenters. The molecule has 2 rings (SSSR count). The summed E-state index contributed by atoms with van der Waals surface area (Å²) in [6.07, 6.45) is 1.35. The average Bonchev–Trinajstić information content (AvgIpc) is 2.31. The van der Waals surface area contributed by atoms with Gasteiger partial charge in [0.15, 0.2) is 0 Å². The van der Waals surface area contributed by atoms with Crippen LogP contribution < -0.4 is 4.74 Å². The first-order valence-corrected chi connectivity index (χ1v) is 5.73. The highest BCUT2D eigenvalue weighted by molar-refractivity contribution is 5.79. The number of Topliss-reactive ketones (excluding diaryl/α,β-unsaturated/α-hetero) is 1. The number of rotatable bonds is 3. The molecule has 0 amide bonds. The number of hydrogen-bond acceptors (Lipinski definition) is 3. The highest BCUT2D eigenvalue weighted by atomic mass is 16.5. The van der Waals surface area contributed by atoms with E-state index < -0.39 is 0 Å². The van der Waals surface area contributed by atoms with Crippen LogP contribution in [0.4, 0.5) is 0 Å². The molecule has 1 unspecified atom stereocenters. The Morgan fingerprint density at radius 1 is 1.19 bits per heavy atom. The normalized spacial score (nSPS) is 19.4. The summed E-state index contributed by atoms with van der Waals surface area (Å²) in [6.45, 7) is 3.66. The van der Waals surface area contributed by atoms with E-state index in [1.165, 1.54) is 0 Å². The largest absolute Gasteiger partial charge is 0.475 e. The summed E-state index contributed by atoms with van der Waals surface area (Å²) in [5.41, 5.74) is 0. The van der Waals surface area contributed by atoms with Crippen molar-refractivity contribution in [2.24, 2.45) is 0 Å². The predicted octanol–water partition coefficient (Wildman–Crippen LogP) is 2.08. The Kier molecular flexibility index (Phi) is 3.57. The van der Waals surface area contributed by atoms with Gasteiger partial charge in [0, 0.05) is 25.9 Å². The van der Waals surface area contributed by atoms with Gasteiger partial charge in [-0.05, 0) is 19.1 Å². The van der Waals surface area contributed by atoms with Crippen molar-refractivity contribution in [3.63, 3.8) is 0 Å². The van der Waals surface area contributed by atoms with E-state index in [-0.39, 0.29) is 6.23 Å². The van der Waals surface area contributed by atoms with Gasteiger partial charge in [-0.3, -0.25) is 9.69 Å². The number of hydrogen-bond donors (Lipinski definition) is 0. The van der Waals surface area contributed by atoms with Crippen LogP contribution in [-0.4, -0.2) is 30.0 Å². The molecule has 1 aliphatic heterocycles. The number of piperidine rings is 1. The number of ether oxygens (including phenoxy) is 1. The van der Waals surface area contributed by atoms with Crippen molar-refractivity contribution in [3.05, 3.63) is 30.3 Å². The van der Waals surface area contributed by atoms with Crippen LogP contribution in [-0.2, 0) is 4.79 Å². The zero-order chi connectivity index (χ0) is 11.4. The van der Waals surface area contributed by atoms with Crippen molar-refractivity contribution in [2.75, 3.05) is 13.1 Å². The van der Waals surface area contributed by atoms with Crippen molar-refractivity contribution in [2.45, 2.75) is 26.0 Å². The Morgan fingerprint density at radius 2 is 1.81 bits per heavy atom. The highest BCUT2D eigenvalue weighted by Crippen LogP contribution is 2.15. The van der Waals surface area contributed by atoms with Gasteiger partial charge >= 0.3 is 0 Å². The summed E-state index contributed by atoms with van der Waals surface area (Å²) in [4.78, 5) is 13.3. The summed E-state index contributed by atoms with van der Waals surface area (Å²) in [5.74, 6) is 1.25. The van der Waals surface area contributed by atoms with Crippen LogP contribution in [0.5, 0.6) is 5.75 Å². The van der Waals surface area contributed by atoms with Gasteiger partial charge in [-0.2, -0.15) is 0 Å². The average molecular weight is 219 g/mol. The second-order valence-corrected chi connectivity index (χ2v) is 4.10. The van der Waals surface area contributed by atoms with E-state index in [0.717, 1.165) is 18.8 Å². The molecule has 1 aliphatic rings. The molecule has 0 aromatic heterocycles. The fourth-order valence-electron chi connectivity index (χ4n) is 1.91. The maximum Gasteiger partial charge on any atom is 0.149 e. The molecule has 1 aromatic carbocycles. The minimum Gasteiger partial charge on any atom is -0.475 e. The zero-order valence-electron chi connectivity index (χ0n) is 9.56. The van der Waals surface area contributed by atoms with Crippen molar-refractivity contribution in [1.82, 2.24) is 4.90 Å². The van der Waals surface area contributed by atoms with Crippen LogP contribution in [0, 0.1) is 0 Å². The van der Waals surface area contributed by atoms with Gasteiger partial charge in [0.2, 0.25) is 0 Å². The molecule has 16 heavy (non-hydrogen) atoms. The van der Waals surface area contributed by atoms with Crippen LogP contribution in [0.25, 0.3) is 0 Å². The molecule has 0 N–H and O–H groups in total. The molecule has 0 saturated carbocycles. The highest BCUT2D eigenvalue weighted by Gasteiger charge is 2.21. The number of para-hydroxylation sites is 1. The maximum atomic E-state index is 11.1. The molecule has 3 heteroatoms. The first kappa shape index (κ1) is 11.1. The molecule has 3 nitrogen and oxygen atoms in total. The number of nitrogens with zero attached hydrogens (tertiary/aromatic N) is 1. The number of carbonyl (C=O) groups excluding carboxylic acids is 1. The third-order valence-electron chi connectivity index (χ3n) is 2.92. The van der Waals surface area contributed by atoms with E-state index in [1.54, 1.807) is 0 Å². The van der Waals surface area contributed by atoms with Crippen molar-refractivity contribution in [3.8, 4) is 5.75 Å². The van der Waals surface area contributed by atoms with Crippen LogP contribution in [0.1, 0.15) is 19.8 Å². The summed E-state index contributed by atoms with van der Waals surface area (Å²) < 4.78 is 5.80. The fourth-order valence-corrected chi connectivity index (χ4v) is 1.91. The van der Waals surface area contributed by atoms with Gasteiger partial charge in [-0.15, -0.1) is 0 Å². The molecular weight excluding hydrogens is 202 g/mol. The molecule has 0 radical (unpaired) electrons. The second-order valence-electron chi connectivity index (χ2n) is 4.10. The summed E-state index contributed by atoms with van der Waals surface area (Å²) >= 11 is 0. The molecule has 1 heterocycles. The van der Waals surface area contributed by atoms with Crippen molar-refractivity contribution < 1.29 is 9.53 Å². The van der Waals surface area contributed by atoms with Crippen LogP contribution in [0.3, 0.4) is 0 Å². The molecule has 1 fully saturated rings. The Hall–Kier alpha value is -1.35. The van der Waals surface area contributed by atoms with Crippen LogP contribution >= 0.6 is 0 Å². The Morgan fingerprint density at radius 3 is 2.44 bits per heavy atom. The lowest BCUT2D eigenvalue weighted by Gasteiger charge is -2.31. The molecule has 1 saturated heterocycles. The van der Waals surface area contributed by atoms with Crippen molar-refractivity contribution >= 4 is 5.78 Å². The standard InChI is InChI=1S/C13H17NO2/c1-11(14-9-7-12(15)8-10-14)16-13-5-3-2-4-6-13/h2-6,11H,7-10H2,1H3. The van der Waals surface area contributed by atoms with E-state index in [1.807, 2.05) is 37.3 Å². The van der Waals surface area contributed by atoms with Gasteiger partial charge < -0.3 is 4.74 Å². The quantitative estimate of drug-likeness (QED) is 0.779. The first-order valence-electron chi connectivity index (χ1n) is 5.73.